The fourth-order valence-corrected chi connectivity index (χ4v) is 5.07. The number of aryl methyl sites for hydroxylation is 1. The average Bonchev–Trinajstić information content (AvgIpc) is 3.68. The highest BCUT2D eigenvalue weighted by Crippen LogP contribution is 2.38. The Morgan fingerprint density at radius 1 is 1.15 bits per heavy atom. The number of carbonyl (C=O) groups excluding carboxylic acids is 2. The van der Waals surface area contributed by atoms with Gasteiger partial charge in [0.25, 0.3) is 12.3 Å². The first-order chi connectivity index (χ1) is 18.7. The minimum atomic E-state index is -2.67. The average molecular weight is 544 g/mol. The lowest BCUT2D eigenvalue weighted by Gasteiger charge is -2.32. The van der Waals surface area contributed by atoms with Gasteiger partial charge in [0.15, 0.2) is 0 Å². The molecule has 39 heavy (non-hydrogen) atoms. The van der Waals surface area contributed by atoms with Crippen LogP contribution in [0.3, 0.4) is 0 Å². The molecule has 2 aliphatic carbocycles. The van der Waals surface area contributed by atoms with Gasteiger partial charge in [-0.2, -0.15) is 0 Å². The fourth-order valence-electron chi connectivity index (χ4n) is 5.07. The Morgan fingerprint density at radius 2 is 1.95 bits per heavy atom. The molecule has 2 aromatic heterocycles. The van der Waals surface area contributed by atoms with E-state index in [-0.39, 0.29) is 29.9 Å². The van der Waals surface area contributed by atoms with Gasteiger partial charge < -0.3 is 20.4 Å². The second-order valence-electron chi connectivity index (χ2n) is 10.4. The molecule has 3 N–H and O–H groups in total. The topological polar surface area (TPSA) is 109 Å². The van der Waals surface area contributed by atoms with Gasteiger partial charge in [0, 0.05) is 35.7 Å². The Labute approximate surface area is 224 Å². The van der Waals surface area contributed by atoms with Crippen molar-refractivity contribution in [3.05, 3.63) is 41.3 Å². The zero-order chi connectivity index (χ0) is 27.7. The van der Waals surface area contributed by atoms with E-state index in [1.807, 2.05) is 0 Å². The van der Waals surface area contributed by atoms with Crippen molar-refractivity contribution in [2.75, 3.05) is 6.61 Å². The number of benzene rings is 1. The van der Waals surface area contributed by atoms with Crippen LogP contribution in [0.5, 0.6) is 5.75 Å². The minimum absolute atomic E-state index is 0.0875. The maximum atomic E-state index is 14.7. The van der Waals surface area contributed by atoms with E-state index < -0.39 is 30.6 Å². The summed E-state index contributed by atoms with van der Waals surface area (Å²) in [5.74, 6) is 0.284. The van der Waals surface area contributed by atoms with Crippen LogP contribution >= 0.6 is 0 Å². The van der Waals surface area contributed by atoms with Gasteiger partial charge in [0.2, 0.25) is 5.91 Å². The molecule has 8 nitrogen and oxygen atoms in total. The van der Waals surface area contributed by atoms with Crippen molar-refractivity contribution in [2.45, 2.75) is 77.1 Å². The van der Waals surface area contributed by atoms with Gasteiger partial charge in [-0.3, -0.25) is 9.59 Å². The van der Waals surface area contributed by atoms with Crippen LogP contribution in [0.1, 0.15) is 73.5 Å². The molecular weight excluding hydrogens is 511 g/mol. The molecule has 0 aliphatic heterocycles. The number of rotatable bonds is 9. The molecule has 208 valence electrons. The quantitative estimate of drug-likeness (QED) is 0.345. The molecule has 0 saturated heterocycles. The molecular formula is C28H32F3N5O3. The minimum Gasteiger partial charge on any atom is -0.493 e. The Kier molecular flexibility index (Phi) is 7.76. The number of aromatic nitrogens is 3. The summed E-state index contributed by atoms with van der Waals surface area (Å²) in [6.07, 6.45) is 0.816. The molecule has 5 rings (SSSR count). The highest BCUT2D eigenvalue weighted by atomic mass is 19.3. The molecule has 3 atom stereocenters. The molecule has 0 radical (unpaired) electrons. The summed E-state index contributed by atoms with van der Waals surface area (Å²) >= 11 is 0. The molecule has 2 fully saturated rings. The van der Waals surface area contributed by atoms with Crippen LogP contribution in [0.2, 0.25) is 0 Å². The van der Waals surface area contributed by atoms with Crippen molar-refractivity contribution in [3.63, 3.8) is 0 Å². The lowest BCUT2D eigenvalue weighted by atomic mass is 9.89. The second kappa shape index (κ2) is 11.2. The summed E-state index contributed by atoms with van der Waals surface area (Å²) in [6, 6.07) is 3.27. The molecule has 3 aromatic rings. The number of ether oxygens (including phenoxy) is 1. The van der Waals surface area contributed by atoms with E-state index in [1.54, 1.807) is 13.8 Å². The summed E-state index contributed by atoms with van der Waals surface area (Å²) < 4.78 is 47.9. The third-order valence-corrected chi connectivity index (χ3v) is 7.46. The predicted octanol–water partition coefficient (Wildman–Crippen LogP) is 5.17. The first-order valence-electron chi connectivity index (χ1n) is 13.4. The van der Waals surface area contributed by atoms with Crippen LogP contribution in [0.15, 0.2) is 24.5 Å². The van der Waals surface area contributed by atoms with Crippen LogP contribution in [0.25, 0.3) is 22.3 Å². The summed E-state index contributed by atoms with van der Waals surface area (Å²) in [4.78, 5) is 36.9. The third-order valence-electron chi connectivity index (χ3n) is 7.46. The molecule has 11 heteroatoms. The largest absolute Gasteiger partial charge is 0.493 e. The number of carbonyl (C=O) groups is 2. The summed E-state index contributed by atoms with van der Waals surface area (Å²) in [7, 11) is 0. The van der Waals surface area contributed by atoms with Crippen LogP contribution in [-0.4, -0.2) is 51.6 Å². The number of halogens is 3. The zero-order valence-corrected chi connectivity index (χ0v) is 21.9. The van der Waals surface area contributed by atoms with E-state index in [4.69, 9.17) is 4.74 Å². The van der Waals surface area contributed by atoms with Gasteiger partial charge in [-0.15, -0.1) is 0 Å². The molecule has 0 bridgehead atoms. The molecule has 0 spiro atoms. The number of hydrogen-bond donors (Lipinski definition) is 3. The van der Waals surface area contributed by atoms with Gasteiger partial charge in [0.1, 0.15) is 29.5 Å². The van der Waals surface area contributed by atoms with Crippen LogP contribution in [0, 0.1) is 12.8 Å². The highest BCUT2D eigenvalue weighted by Gasteiger charge is 2.33. The fraction of sp³-hybridized carbons (Fsp3) is 0.500. The zero-order valence-electron chi connectivity index (χ0n) is 21.9. The van der Waals surface area contributed by atoms with Crippen molar-refractivity contribution in [2.24, 2.45) is 5.92 Å². The van der Waals surface area contributed by atoms with Gasteiger partial charge in [0.05, 0.1) is 23.7 Å². The van der Waals surface area contributed by atoms with Crippen LogP contribution in [0.4, 0.5) is 13.2 Å². The first kappa shape index (κ1) is 27.0. The number of H-pyrrole nitrogens is 1. The number of amides is 2. The standard InChI is InChI=1S/C28H32F3N5O3/c1-3-22(37)36-20-8-7-17(11-19(20)29)35-28(38)23-14(2)34-26-24(32-13-33-25(23)26)18-10-16(27(30)31)6-9-21(18)39-12-15-4-5-15/h6,9-10,13,15,17,19-20,27,34H,3-5,7-8,11-12H2,1-2H3,(H,35,38)(H,36,37)/t17-,19-,20-/m1/s1. The summed E-state index contributed by atoms with van der Waals surface area (Å²) in [5, 5.41) is 5.61. The Bertz CT molecular complexity index is 1370. The van der Waals surface area contributed by atoms with Crippen molar-refractivity contribution in [1.29, 1.82) is 0 Å². The molecule has 1 aromatic carbocycles. The van der Waals surface area contributed by atoms with E-state index >= 15 is 0 Å². The number of hydrogen-bond acceptors (Lipinski definition) is 5. The molecule has 2 saturated carbocycles. The maximum absolute atomic E-state index is 14.7. The van der Waals surface area contributed by atoms with Crippen LogP contribution in [-0.2, 0) is 4.79 Å². The van der Waals surface area contributed by atoms with E-state index in [9.17, 15) is 22.8 Å². The van der Waals surface area contributed by atoms with Gasteiger partial charge >= 0.3 is 0 Å². The van der Waals surface area contributed by atoms with Gasteiger partial charge in [-0.1, -0.05) is 6.92 Å². The lowest BCUT2D eigenvalue weighted by Crippen LogP contribution is -2.49. The normalized spacial score (nSPS) is 21.2. The first-order valence-corrected chi connectivity index (χ1v) is 13.4. The Morgan fingerprint density at radius 3 is 2.64 bits per heavy atom. The summed E-state index contributed by atoms with van der Waals surface area (Å²) in [6.45, 7) is 3.92. The molecule has 2 aliphatic rings. The Hall–Kier alpha value is -3.63. The van der Waals surface area contributed by atoms with E-state index in [2.05, 4.69) is 25.6 Å². The number of alkyl halides is 3. The SMILES string of the molecule is CCC(=O)N[C@@H]1CC[C@@H](NC(=O)c2c(C)[nH]c3c(-c4cc(C(F)F)ccc4OCC4CC4)ncnc23)C[C@H]1F. The van der Waals surface area contributed by atoms with Crippen molar-refractivity contribution >= 4 is 22.8 Å². The van der Waals surface area contributed by atoms with Gasteiger partial charge in [-0.25, -0.2) is 23.1 Å². The second-order valence-corrected chi connectivity index (χ2v) is 10.4. The summed E-state index contributed by atoms with van der Waals surface area (Å²) in [5.41, 5.74) is 2.16. The van der Waals surface area contributed by atoms with E-state index in [0.717, 1.165) is 12.8 Å². The van der Waals surface area contributed by atoms with E-state index in [1.165, 1.54) is 24.5 Å². The third kappa shape index (κ3) is 5.86. The number of aromatic amines is 1. The lowest BCUT2D eigenvalue weighted by molar-refractivity contribution is -0.122. The molecule has 2 amide bonds. The van der Waals surface area contributed by atoms with Crippen LogP contribution < -0.4 is 15.4 Å². The van der Waals surface area contributed by atoms with Crippen molar-refractivity contribution in [3.8, 4) is 17.0 Å². The maximum Gasteiger partial charge on any atom is 0.263 e. The monoisotopic (exact) mass is 543 g/mol. The number of fused-ring (bicyclic) bond motifs is 1. The van der Waals surface area contributed by atoms with E-state index in [0.29, 0.717) is 59.1 Å². The number of nitrogens with zero attached hydrogens (tertiary/aromatic N) is 2. The van der Waals surface area contributed by atoms with Crippen molar-refractivity contribution in [1.82, 2.24) is 25.6 Å². The Balaban J connectivity index is 1.41. The highest BCUT2D eigenvalue weighted by molar-refractivity contribution is 6.09. The number of nitrogens with one attached hydrogen (secondary N) is 3. The predicted molar refractivity (Wildman–Crippen MR) is 139 cm³/mol. The molecule has 0 unspecified atom stereocenters. The molecule has 2 heterocycles. The smallest absolute Gasteiger partial charge is 0.263 e. The van der Waals surface area contributed by atoms with Gasteiger partial charge in [-0.05, 0) is 56.7 Å². The van der Waals surface area contributed by atoms with Crippen molar-refractivity contribution < 1.29 is 27.5 Å².